The lowest BCUT2D eigenvalue weighted by atomic mass is 9.96. The highest BCUT2D eigenvalue weighted by Crippen LogP contribution is 2.20. The molecule has 1 aliphatic carbocycles. The highest BCUT2D eigenvalue weighted by molar-refractivity contribution is 5.62. The van der Waals surface area contributed by atoms with Crippen LogP contribution in [-0.2, 0) is 11.3 Å². The summed E-state index contributed by atoms with van der Waals surface area (Å²) < 4.78 is 7.68. The van der Waals surface area contributed by atoms with Gasteiger partial charge in [0.15, 0.2) is 5.65 Å². The molecule has 3 aromatic rings. The Kier molecular flexibility index (Phi) is 5.27. The largest absolute Gasteiger partial charge is 0.360 e. The maximum absolute atomic E-state index is 5.79. The van der Waals surface area contributed by atoms with Crippen molar-refractivity contribution in [1.82, 2.24) is 19.9 Å². The Hall–Kier alpha value is -2.24. The minimum atomic E-state index is 0.503. The van der Waals surface area contributed by atoms with E-state index in [0.29, 0.717) is 19.4 Å². The molecule has 0 bridgehead atoms. The Morgan fingerprint density at radius 2 is 1.92 bits per heavy atom. The predicted octanol–water partition coefficient (Wildman–Crippen LogP) is 4.10. The first kappa shape index (κ1) is 17.2. The van der Waals surface area contributed by atoms with E-state index in [-0.39, 0.29) is 0 Å². The molecule has 1 aliphatic rings. The number of fused-ring (bicyclic) bond motifs is 1. The molecule has 1 saturated carbocycles. The molecule has 0 unspecified atom stereocenters. The van der Waals surface area contributed by atoms with Crippen LogP contribution in [0.4, 0.5) is 0 Å². The van der Waals surface area contributed by atoms with Crippen molar-refractivity contribution in [2.75, 3.05) is 6.73 Å². The summed E-state index contributed by atoms with van der Waals surface area (Å²) in [4.78, 5) is 4.76. The summed E-state index contributed by atoms with van der Waals surface area (Å²) >= 11 is 0. The molecule has 1 N–H and O–H groups in total. The number of rotatable bonds is 6. The second-order valence-corrected chi connectivity index (χ2v) is 7.09. The number of aromatic nitrogens is 3. The zero-order chi connectivity index (χ0) is 17.8. The quantitative estimate of drug-likeness (QED) is 0.537. The molecule has 2 heterocycles. The van der Waals surface area contributed by atoms with E-state index in [1.165, 1.54) is 32.1 Å². The summed E-state index contributed by atoms with van der Waals surface area (Å²) in [5.41, 5.74) is 4.94. The van der Waals surface area contributed by atoms with Crippen LogP contribution < -0.4 is 5.32 Å². The second kappa shape index (κ2) is 7.98. The minimum Gasteiger partial charge on any atom is -0.360 e. The maximum atomic E-state index is 5.79. The van der Waals surface area contributed by atoms with Gasteiger partial charge in [-0.3, -0.25) is 5.32 Å². The number of ether oxygens (including phenoxy) is 1. The van der Waals surface area contributed by atoms with Crippen molar-refractivity contribution in [2.24, 2.45) is 0 Å². The van der Waals surface area contributed by atoms with E-state index < -0.39 is 0 Å². The molecule has 0 aliphatic heterocycles. The SMILES string of the molecule is Cc1cc(-c2ccccc2)nc2cc(COCNC3CCCCC3)nn12. The van der Waals surface area contributed by atoms with Crippen molar-refractivity contribution < 1.29 is 4.74 Å². The molecule has 0 atom stereocenters. The fraction of sp³-hybridized carbons (Fsp3) is 0.429. The van der Waals surface area contributed by atoms with Gasteiger partial charge in [0, 0.05) is 23.4 Å². The Bertz CT molecular complexity index is 853. The van der Waals surface area contributed by atoms with Gasteiger partial charge in [0.1, 0.15) is 0 Å². The van der Waals surface area contributed by atoms with E-state index in [4.69, 9.17) is 9.72 Å². The number of benzene rings is 1. The summed E-state index contributed by atoms with van der Waals surface area (Å²) in [6, 6.07) is 14.9. The molecule has 0 spiro atoms. The van der Waals surface area contributed by atoms with E-state index in [0.717, 1.165) is 28.3 Å². The van der Waals surface area contributed by atoms with E-state index in [9.17, 15) is 0 Å². The molecule has 5 nitrogen and oxygen atoms in total. The van der Waals surface area contributed by atoms with Crippen molar-refractivity contribution in [1.29, 1.82) is 0 Å². The lowest BCUT2D eigenvalue weighted by Gasteiger charge is -2.22. The van der Waals surface area contributed by atoms with Gasteiger partial charge >= 0.3 is 0 Å². The van der Waals surface area contributed by atoms with Crippen LogP contribution in [0.3, 0.4) is 0 Å². The van der Waals surface area contributed by atoms with Crippen LogP contribution in [-0.4, -0.2) is 27.4 Å². The lowest BCUT2D eigenvalue weighted by Crippen LogP contribution is -2.32. The average Bonchev–Trinajstić information content (AvgIpc) is 3.10. The highest BCUT2D eigenvalue weighted by atomic mass is 16.5. The maximum Gasteiger partial charge on any atom is 0.156 e. The topological polar surface area (TPSA) is 51.5 Å². The summed E-state index contributed by atoms with van der Waals surface area (Å²) in [7, 11) is 0. The van der Waals surface area contributed by atoms with Crippen LogP contribution in [0.1, 0.15) is 43.5 Å². The molecule has 1 aromatic carbocycles. The van der Waals surface area contributed by atoms with Gasteiger partial charge in [0.25, 0.3) is 0 Å². The third kappa shape index (κ3) is 3.94. The molecule has 4 rings (SSSR count). The van der Waals surface area contributed by atoms with Crippen LogP contribution in [0.5, 0.6) is 0 Å². The van der Waals surface area contributed by atoms with Gasteiger partial charge in [-0.2, -0.15) is 5.10 Å². The van der Waals surface area contributed by atoms with E-state index >= 15 is 0 Å². The van der Waals surface area contributed by atoms with Crippen molar-refractivity contribution in [2.45, 2.75) is 51.7 Å². The molecule has 0 amide bonds. The van der Waals surface area contributed by atoms with Gasteiger partial charge in [-0.25, -0.2) is 9.50 Å². The van der Waals surface area contributed by atoms with Gasteiger partial charge < -0.3 is 4.74 Å². The van der Waals surface area contributed by atoms with Crippen molar-refractivity contribution in [3.8, 4) is 11.3 Å². The Morgan fingerprint density at radius 3 is 2.73 bits per heavy atom. The first-order valence-electron chi connectivity index (χ1n) is 9.52. The third-order valence-electron chi connectivity index (χ3n) is 5.05. The van der Waals surface area contributed by atoms with Gasteiger partial charge in [-0.05, 0) is 25.8 Å². The lowest BCUT2D eigenvalue weighted by molar-refractivity contribution is 0.0885. The molecule has 0 saturated heterocycles. The fourth-order valence-electron chi connectivity index (χ4n) is 3.64. The molecule has 5 heteroatoms. The molecule has 136 valence electrons. The smallest absolute Gasteiger partial charge is 0.156 e. The molecular formula is C21H26N4O. The van der Waals surface area contributed by atoms with Crippen molar-refractivity contribution in [3.05, 3.63) is 53.9 Å². The van der Waals surface area contributed by atoms with Crippen molar-refractivity contribution >= 4 is 5.65 Å². The Balaban J connectivity index is 1.41. The standard InChI is InChI=1S/C21H26N4O/c1-16-12-20(17-8-4-2-5-9-17)23-21-13-19(24-25(16)21)14-26-15-22-18-10-6-3-7-11-18/h2,4-5,8-9,12-13,18,22H,3,6-7,10-11,14-15H2,1H3. The predicted molar refractivity (Wildman–Crippen MR) is 103 cm³/mol. The molecular weight excluding hydrogens is 324 g/mol. The first-order chi connectivity index (χ1) is 12.8. The number of hydrogen-bond donors (Lipinski definition) is 1. The van der Waals surface area contributed by atoms with Crippen LogP contribution >= 0.6 is 0 Å². The zero-order valence-corrected chi connectivity index (χ0v) is 15.3. The monoisotopic (exact) mass is 350 g/mol. The van der Waals surface area contributed by atoms with Crippen LogP contribution in [0.25, 0.3) is 16.9 Å². The van der Waals surface area contributed by atoms with Gasteiger partial charge in [0.2, 0.25) is 0 Å². The number of aryl methyl sites for hydroxylation is 1. The number of hydrogen-bond acceptors (Lipinski definition) is 4. The van der Waals surface area contributed by atoms with Gasteiger partial charge in [0.05, 0.1) is 24.7 Å². The molecule has 26 heavy (non-hydrogen) atoms. The second-order valence-electron chi connectivity index (χ2n) is 7.09. The molecule has 1 fully saturated rings. The summed E-state index contributed by atoms with van der Waals surface area (Å²) in [5.74, 6) is 0. The summed E-state index contributed by atoms with van der Waals surface area (Å²) in [5, 5.41) is 8.13. The Labute approximate surface area is 154 Å². The van der Waals surface area contributed by atoms with E-state index in [1.54, 1.807) is 0 Å². The van der Waals surface area contributed by atoms with E-state index in [1.807, 2.05) is 28.8 Å². The Morgan fingerprint density at radius 1 is 1.12 bits per heavy atom. The van der Waals surface area contributed by atoms with Crippen LogP contribution in [0.15, 0.2) is 42.5 Å². The molecule has 0 radical (unpaired) electrons. The molecule has 2 aromatic heterocycles. The number of nitrogens with one attached hydrogen (secondary N) is 1. The van der Waals surface area contributed by atoms with E-state index in [2.05, 4.69) is 35.5 Å². The van der Waals surface area contributed by atoms with Crippen LogP contribution in [0.2, 0.25) is 0 Å². The minimum absolute atomic E-state index is 0.503. The highest BCUT2D eigenvalue weighted by Gasteiger charge is 2.12. The fourth-order valence-corrected chi connectivity index (χ4v) is 3.64. The zero-order valence-electron chi connectivity index (χ0n) is 15.3. The summed E-state index contributed by atoms with van der Waals surface area (Å²) in [6.45, 7) is 3.15. The van der Waals surface area contributed by atoms with Gasteiger partial charge in [-0.1, -0.05) is 49.6 Å². The van der Waals surface area contributed by atoms with Crippen molar-refractivity contribution in [3.63, 3.8) is 0 Å². The number of nitrogens with zero attached hydrogens (tertiary/aromatic N) is 3. The summed E-state index contributed by atoms with van der Waals surface area (Å²) in [6.07, 6.45) is 6.57. The average molecular weight is 350 g/mol. The normalized spacial score (nSPS) is 15.6. The van der Waals surface area contributed by atoms with Crippen LogP contribution in [0, 0.1) is 6.92 Å². The third-order valence-corrected chi connectivity index (χ3v) is 5.05. The first-order valence-corrected chi connectivity index (χ1v) is 9.52. The van der Waals surface area contributed by atoms with Gasteiger partial charge in [-0.15, -0.1) is 0 Å².